The Bertz CT molecular complexity index is 529. The summed E-state index contributed by atoms with van der Waals surface area (Å²) in [6.45, 7) is 1.64. The van der Waals surface area contributed by atoms with E-state index >= 15 is 0 Å². The van der Waals surface area contributed by atoms with Gasteiger partial charge in [-0.3, -0.25) is 9.69 Å². The molecule has 20 heavy (non-hydrogen) atoms. The van der Waals surface area contributed by atoms with E-state index < -0.39 is 0 Å². The van der Waals surface area contributed by atoms with Crippen LogP contribution in [0.15, 0.2) is 23.7 Å². The maximum atomic E-state index is 11.8. The van der Waals surface area contributed by atoms with Crippen LogP contribution in [0.4, 0.5) is 5.13 Å². The van der Waals surface area contributed by atoms with Crippen molar-refractivity contribution in [2.45, 2.75) is 13.1 Å². The van der Waals surface area contributed by atoms with Crippen molar-refractivity contribution in [1.29, 1.82) is 0 Å². The molecule has 2 rings (SSSR count). The predicted molar refractivity (Wildman–Crippen MR) is 86.3 cm³/mol. The standard InChI is InChI=1S/C12H16N4OS2.ClH/c1-16(7-10-6-15-12(13)19-10)8-11(17)14-5-9-3-2-4-18-9;/h2-4,6H,5,7-8H2,1H3,(H2,13,15)(H,14,17);1H. The second-order valence-corrected chi connectivity index (χ2v) is 6.37. The van der Waals surface area contributed by atoms with Crippen LogP contribution in [0.1, 0.15) is 9.75 Å². The third-order valence-electron chi connectivity index (χ3n) is 2.45. The number of nitrogens with two attached hydrogens (primary N) is 1. The van der Waals surface area contributed by atoms with Crippen LogP contribution < -0.4 is 11.1 Å². The first-order chi connectivity index (χ1) is 9.13. The Morgan fingerprint density at radius 3 is 2.90 bits per heavy atom. The average molecular weight is 333 g/mol. The molecule has 1 amide bonds. The van der Waals surface area contributed by atoms with Gasteiger partial charge < -0.3 is 11.1 Å². The Balaban J connectivity index is 0.00000200. The molecule has 0 saturated heterocycles. The molecule has 0 aliphatic heterocycles. The number of hydrogen-bond acceptors (Lipinski definition) is 6. The number of nitrogen functional groups attached to an aromatic ring is 1. The van der Waals surface area contributed by atoms with E-state index in [2.05, 4.69) is 10.3 Å². The van der Waals surface area contributed by atoms with Gasteiger partial charge in [0, 0.05) is 22.5 Å². The van der Waals surface area contributed by atoms with Crippen LogP contribution in [0.5, 0.6) is 0 Å². The zero-order valence-electron chi connectivity index (χ0n) is 11.0. The minimum atomic E-state index is 0. The summed E-state index contributed by atoms with van der Waals surface area (Å²) in [5, 5.41) is 5.46. The molecule has 8 heteroatoms. The normalized spacial score (nSPS) is 10.3. The van der Waals surface area contributed by atoms with Crippen LogP contribution in [-0.4, -0.2) is 29.4 Å². The van der Waals surface area contributed by atoms with Crippen LogP contribution in [0.25, 0.3) is 0 Å². The van der Waals surface area contributed by atoms with Gasteiger partial charge in [0.05, 0.1) is 13.1 Å². The Labute approximate surface area is 132 Å². The van der Waals surface area contributed by atoms with Crippen molar-refractivity contribution in [3.63, 3.8) is 0 Å². The number of carbonyl (C=O) groups excluding carboxylic acids is 1. The van der Waals surface area contributed by atoms with Crippen molar-refractivity contribution >= 4 is 46.1 Å². The van der Waals surface area contributed by atoms with Gasteiger partial charge >= 0.3 is 0 Å². The van der Waals surface area contributed by atoms with E-state index in [9.17, 15) is 4.79 Å². The van der Waals surface area contributed by atoms with E-state index in [0.717, 1.165) is 9.75 Å². The molecule has 0 aromatic carbocycles. The number of likely N-dealkylation sites (N-methyl/N-ethyl adjacent to an activating group) is 1. The smallest absolute Gasteiger partial charge is 0.234 e. The van der Waals surface area contributed by atoms with Crippen molar-refractivity contribution in [2.75, 3.05) is 19.3 Å². The van der Waals surface area contributed by atoms with Crippen molar-refractivity contribution < 1.29 is 4.79 Å². The summed E-state index contributed by atoms with van der Waals surface area (Å²) in [5.74, 6) is 0.0217. The average Bonchev–Trinajstić information content (AvgIpc) is 2.98. The van der Waals surface area contributed by atoms with E-state index in [1.54, 1.807) is 17.5 Å². The van der Waals surface area contributed by atoms with E-state index in [4.69, 9.17) is 5.73 Å². The first kappa shape index (κ1) is 16.9. The number of nitrogens with one attached hydrogen (secondary N) is 1. The first-order valence-corrected chi connectivity index (χ1v) is 7.51. The van der Waals surface area contributed by atoms with Gasteiger partial charge in [-0.05, 0) is 18.5 Å². The summed E-state index contributed by atoms with van der Waals surface area (Å²) >= 11 is 3.09. The van der Waals surface area contributed by atoms with Gasteiger partial charge in [-0.15, -0.1) is 35.1 Å². The summed E-state index contributed by atoms with van der Waals surface area (Å²) < 4.78 is 0. The number of hydrogen-bond donors (Lipinski definition) is 2. The number of aromatic nitrogens is 1. The Morgan fingerprint density at radius 2 is 2.30 bits per heavy atom. The molecule has 3 N–H and O–H groups in total. The highest BCUT2D eigenvalue weighted by atomic mass is 35.5. The molecular weight excluding hydrogens is 316 g/mol. The van der Waals surface area contributed by atoms with Gasteiger partial charge in [-0.2, -0.15) is 0 Å². The van der Waals surface area contributed by atoms with Crippen molar-refractivity contribution in [1.82, 2.24) is 15.2 Å². The number of carbonyl (C=O) groups is 1. The lowest BCUT2D eigenvalue weighted by Gasteiger charge is -2.14. The van der Waals surface area contributed by atoms with Crippen molar-refractivity contribution in [2.24, 2.45) is 0 Å². The minimum absolute atomic E-state index is 0. The lowest BCUT2D eigenvalue weighted by Crippen LogP contribution is -2.34. The van der Waals surface area contributed by atoms with Gasteiger partial charge in [0.15, 0.2) is 5.13 Å². The lowest BCUT2D eigenvalue weighted by molar-refractivity contribution is -0.122. The Kier molecular flexibility index (Phi) is 6.94. The van der Waals surface area contributed by atoms with Crippen LogP contribution in [0, 0.1) is 0 Å². The molecular formula is C12H17ClN4OS2. The van der Waals surface area contributed by atoms with Crippen molar-refractivity contribution in [3.8, 4) is 0 Å². The molecule has 0 saturated carbocycles. The zero-order valence-corrected chi connectivity index (χ0v) is 13.5. The molecule has 2 heterocycles. The molecule has 5 nitrogen and oxygen atoms in total. The van der Waals surface area contributed by atoms with Gasteiger partial charge in [-0.25, -0.2) is 4.98 Å². The fourth-order valence-electron chi connectivity index (χ4n) is 1.62. The fraction of sp³-hybridized carbons (Fsp3) is 0.333. The highest BCUT2D eigenvalue weighted by molar-refractivity contribution is 7.15. The van der Waals surface area contributed by atoms with E-state index in [1.807, 2.05) is 29.5 Å². The van der Waals surface area contributed by atoms with Crippen LogP contribution in [0.2, 0.25) is 0 Å². The summed E-state index contributed by atoms with van der Waals surface area (Å²) in [7, 11) is 1.90. The van der Waals surface area contributed by atoms with Gasteiger partial charge in [0.1, 0.15) is 0 Å². The lowest BCUT2D eigenvalue weighted by atomic mass is 10.4. The molecule has 0 fully saturated rings. The van der Waals surface area contributed by atoms with Gasteiger partial charge in [-0.1, -0.05) is 6.07 Å². The second-order valence-electron chi connectivity index (χ2n) is 4.19. The number of nitrogens with zero attached hydrogens (tertiary/aromatic N) is 2. The number of anilines is 1. The van der Waals surface area contributed by atoms with E-state index in [1.165, 1.54) is 11.3 Å². The summed E-state index contributed by atoms with van der Waals surface area (Å²) in [6, 6.07) is 3.99. The third-order valence-corrected chi connectivity index (χ3v) is 4.14. The molecule has 0 atom stereocenters. The summed E-state index contributed by atoms with van der Waals surface area (Å²) in [6.07, 6.45) is 1.75. The van der Waals surface area contributed by atoms with Gasteiger partial charge in [0.25, 0.3) is 0 Å². The Morgan fingerprint density at radius 1 is 1.50 bits per heavy atom. The van der Waals surface area contributed by atoms with E-state index in [0.29, 0.717) is 24.8 Å². The number of thiazole rings is 1. The molecule has 0 radical (unpaired) electrons. The summed E-state index contributed by atoms with van der Waals surface area (Å²) in [4.78, 5) is 19.9. The maximum absolute atomic E-state index is 11.8. The van der Waals surface area contributed by atoms with Crippen molar-refractivity contribution in [3.05, 3.63) is 33.5 Å². The first-order valence-electron chi connectivity index (χ1n) is 5.81. The second kappa shape index (κ2) is 8.21. The quantitative estimate of drug-likeness (QED) is 0.848. The van der Waals surface area contributed by atoms with Crippen LogP contribution in [-0.2, 0) is 17.9 Å². The summed E-state index contributed by atoms with van der Waals surface area (Å²) in [5.41, 5.74) is 5.57. The number of halogens is 1. The number of thiophene rings is 1. The topological polar surface area (TPSA) is 71.2 Å². The number of rotatable bonds is 6. The van der Waals surface area contributed by atoms with E-state index in [-0.39, 0.29) is 18.3 Å². The molecule has 2 aromatic heterocycles. The molecule has 0 aliphatic rings. The highest BCUT2D eigenvalue weighted by Gasteiger charge is 2.08. The molecule has 2 aromatic rings. The fourth-order valence-corrected chi connectivity index (χ4v) is 3.03. The largest absolute Gasteiger partial charge is 0.375 e. The minimum Gasteiger partial charge on any atom is -0.375 e. The monoisotopic (exact) mass is 332 g/mol. The highest BCUT2D eigenvalue weighted by Crippen LogP contribution is 2.15. The van der Waals surface area contributed by atoms with Crippen LogP contribution in [0.3, 0.4) is 0 Å². The zero-order chi connectivity index (χ0) is 13.7. The number of amides is 1. The molecule has 0 aliphatic carbocycles. The van der Waals surface area contributed by atoms with Gasteiger partial charge in [0.2, 0.25) is 5.91 Å². The maximum Gasteiger partial charge on any atom is 0.234 e. The Hall–Kier alpha value is -1.15. The molecule has 0 unspecified atom stereocenters. The predicted octanol–water partition coefficient (Wildman–Crippen LogP) is 1.96. The SMILES string of the molecule is CN(CC(=O)NCc1cccs1)Cc1cnc(N)s1.Cl. The third kappa shape index (κ3) is 5.46. The molecule has 110 valence electrons. The molecule has 0 bridgehead atoms. The van der Waals surface area contributed by atoms with Crippen LogP contribution >= 0.6 is 35.1 Å². The molecule has 0 spiro atoms.